The van der Waals surface area contributed by atoms with Gasteiger partial charge in [0.15, 0.2) is 0 Å². The Morgan fingerprint density at radius 1 is 1.38 bits per heavy atom. The molecule has 0 aliphatic carbocycles. The van der Waals surface area contributed by atoms with Gasteiger partial charge in [0.25, 0.3) is 0 Å². The second-order valence-electron chi connectivity index (χ2n) is 3.33. The van der Waals surface area contributed by atoms with Crippen LogP contribution in [0.4, 0.5) is 4.39 Å². The summed E-state index contributed by atoms with van der Waals surface area (Å²) in [5.41, 5.74) is 1.21. The Hall–Kier alpha value is -1.05. The van der Waals surface area contributed by atoms with Crippen LogP contribution in [0.25, 0.3) is 0 Å². The number of hydrogen-bond donors (Lipinski definition) is 1. The molecular formula is C11H15FO. The highest BCUT2D eigenvalue weighted by molar-refractivity contribution is 5.36. The average molecular weight is 182 g/mol. The van der Waals surface area contributed by atoms with E-state index >= 15 is 0 Å². The monoisotopic (exact) mass is 182 g/mol. The smallest absolute Gasteiger partial charge is 0.126 e. The first-order chi connectivity index (χ1) is 6.15. The summed E-state index contributed by atoms with van der Waals surface area (Å²) in [6, 6.07) is 2.92. The van der Waals surface area contributed by atoms with Crippen LogP contribution in [0.3, 0.4) is 0 Å². The Kier molecular flexibility index (Phi) is 3.29. The van der Waals surface area contributed by atoms with Gasteiger partial charge in [0.2, 0.25) is 0 Å². The van der Waals surface area contributed by atoms with E-state index in [2.05, 4.69) is 6.92 Å². The molecule has 0 saturated heterocycles. The van der Waals surface area contributed by atoms with E-state index < -0.39 is 0 Å². The van der Waals surface area contributed by atoms with E-state index in [-0.39, 0.29) is 11.6 Å². The van der Waals surface area contributed by atoms with E-state index in [1.807, 2.05) is 0 Å². The van der Waals surface area contributed by atoms with Crippen molar-refractivity contribution in [3.05, 3.63) is 29.1 Å². The minimum absolute atomic E-state index is 0.215. The number of phenolic OH excluding ortho intramolecular Hbond substituents is 1. The highest BCUT2D eigenvalue weighted by Crippen LogP contribution is 2.22. The number of rotatable bonds is 3. The molecule has 1 nitrogen and oxygen atoms in total. The maximum Gasteiger partial charge on any atom is 0.126 e. The van der Waals surface area contributed by atoms with E-state index in [9.17, 15) is 9.50 Å². The molecular weight excluding hydrogens is 167 g/mol. The summed E-state index contributed by atoms with van der Waals surface area (Å²) >= 11 is 0. The van der Waals surface area contributed by atoms with Crippen LogP contribution in [0.2, 0.25) is 0 Å². The quantitative estimate of drug-likeness (QED) is 0.761. The van der Waals surface area contributed by atoms with E-state index in [0.29, 0.717) is 11.1 Å². The minimum atomic E-state index is -0.232. The zero-order chi connectivity index (χ0) is 9.84. The predicted molar refractivity (Wildman–Crippen MR) is 51.4 cm³/mol. The molecule has 0 saturated carbocycles. The number of aromatic hydroxyl groups is 1. The van der Waals surface area contributed by atoms with Crippen LogP contribution in [-0.4, -0.2) is 5.11 Å². The van der Waals surface area contributed by atoms with Crippen LogP contribution in [0.15, 0.2) is 12.1 Å². The zero-order valence-electron chi connectivity index (χ0n) is 8.10. The lowest BCUT2D eigenvalue weighted by Crippen LogP contribution is -1.90. The van der Waals surface area contributed by atoms with Gasteiger partial charge in [-0.05, 0) is 43.0 Å². The highest BCUT2D eigenvalue weighted by atomic mass is 19.1. The Morgan fingerprint density at radius 3 is 2.69 bits per heavy atom. The third kappa shape index (κ3) is 2.44. The van der Waals surface area contributed by atoms with Gasteiger partial charge >= 0.3 is 0 Å². The van der Waals surface area contributed by atoms with Crippen molar-refractivity contribution in [3.8, 4) is 5.75 Å². The maximum atomic E-state index is 13.1. The Morgan fingerprint density at radius 2 is 2.08 bits per heavy atom. The van der Waals surface area contributed by atoms with Gasteiger partial charge in [-0.25, -0.2) is 4.39 Å². The highest BCUT2D eigenvalue weighted by Gasteiger charge is 2.05. The molecule has 0 unspecified atom stereocenters. The fourth-order valence-corrected chi connectivity index (χ4v) is 1.27. The van der Waals surface area contributed by atoms with Crippen LogP contribution in [0.1, 0.15) is 30.9 Å². The molecule has 1 aromatic carbocycles. The summed E-state index contributed by atoms with van der Waals surface area (Å²) in [6.45, 7) is 3.72. The summed E-state index contributed by atoms with van der Waals surface area (Å²) in [5.74, 6) is -0.0174. The van der Waals surface area contributed by atoms with Gasteiger partial charge in [-0.1, -0.05) is 13.3 Å². The first-order valence-corrected chi connectivity index (χ1v) is 4.63. The molecule has 0 aliphatic heterocycles. The lowest BCUT2D eigenvalue weighted by molar-refractivity contribution is 0.463. The van der Waals surface area contributed by atoms with Crippen molar-refractivity contribution in [3.63, 3.8) is 0 Å². The second-order valence-corrected chi connectivity index (χ2v) is 3.33. The molecule has 0 aliphatic rings. The van der Waals surface area contributed by atoms with Crippen molar-refractivity contribution in [2.75, 3.05) is 0 Å². The molecule has 0 fully saturated rings. The number of aryl methyl sites for hydroxylation is 2. The second kappa shape index (κ2) is 4.26. The van der Waals surface area contributed by atoms with Crippen LogP contribution in [0.5, 0.6) is 5.75 Å². The normalized spacial score (nSPS) is 10.4. The zero-order valence-corrected chi connectivity index (χ0v) is 8.10. The molecule has 0 atom stereocenters. The van der Waals surface area contributed by atoms with Crippen molar-refractivity contribution >= 4 is 0 Å². The van der Waals surface area contributed by atoms with E-state index in [0.717, 1.165) is 19.3 Å². The number of halogens is 1. The van der Waals surface area contributed by atoms with Crippen molar-refractivity contribution in [2.45, 2.75) is 33.1 Å². The molecule has 0 heterocycles. The molecule has 1 aromatic rings. The molecule has 13 heavy (non-hydrogen) atoms. The van der Waals surface area contributed by atoms with E-state index in [4.69, 9.17) is 0 Å². The van der Waals surface area contributed by atoms with Crippen LogP contribution >= 0.6 is 0 Å². The molecule has 1 N–H and O–H groups in total. The van der Waals surface area contributed by atoms with E-state index in [1.54, 1.807) is 6.92 Å². The Labute approximate surface area is 78.2 Å². The minimum Gasteiger partial charge on any atom is -0.508 e. The first kappa shape index (κ1) is 10.0. The van der Waals surface area contributed by atoms with Gasteiger partial charge < -0.3 is 5.11 Å². The summed E-state index contributed by atoms with van der Waals surface area (Å²) in [5, 5.41) is 9.48. The molecule has 1 rings (SSSR count). The molecule has 0 radical (unpaired) electrons. The van der Waals surface area contributed by atoms with Gasteiger partial charge in [-0.3, -0.25) is 0 Å². The standard InChI is InChI=1S/C11H15FO/c1-3-4-5-9-7-10(12)8(2)6-11(9)13/h6-7,13H,3-5H2,1-2H3. The van der Waals surface area contributed by atoms with Crippen LogP contribution in [0, 0.1) is 12.7 Å². The van der Waals surface area contributed by atoms with E-state index in [1.165, 1.54) is 12.1 Å². The van der Waals surface area contributed by atoms with Gasteiger partial charge in [-0.2, -0.15) is 0 Å². The molecule has 2 heteroatoms. The van der Waals surface area contributed by atoms with Crippen molar-refractivity contribution in [1.29, 1.82) is 0 Å². The number of phenols is 1. The summed E-state index contributed by atoms with van der Waals surface area (Å²) < 4.78 is 13.1. The SMILES string of the molecule is CCCCc1cc(F)c(C)cc1O. The lowest BCUT2D eigenvalue weighted by Gasteiger charge is -2.05. The van der Waals surface area contributed by atoms with Gasteiger partial charge in [-0.15, -0.1) is 0 Å². The predicted octanol–water partition coefficient (Wildman–Crippen LogP) is 3.18. The van der Waals surface area contributed by atoms with Crippen molar-refractivity contribution < 1.29 is 9.50 Å². The van der Waals surface area contributed by atoms with Gasteiger partial charge in [0, 0.05) is 0 Å². The third-order valence-corrected chi connectivity index (χ3v) is 2.16. The molecule has 0 bridgehead atoms. The molecule has 0 amide bonds. The van der Waals surface area contributed by atoms with Crippen molar-refractivity contribution in [1.82, 2.24) is 0 Å². The van der Waals surface area contributed by atoms with Gasteiger partial charge in [0.1, 0.15) is 11.6 Å². The topological polar surface area (TPSA) is 20.2 Å². The fourth-order valence-electron chi connectivity index (χ4n) is 1.27. The fraction of sp³-hybridized carbons (Fsp3) is 0.455. The molecule has 0 spiro atoms. The number of benzene rings is 1. The third-order valence-electron chi connectivity index (χ3n) is 2.16. The number of unbranched alkanes of at least 4 members (excludes halogenated alkanes) is 1. The maximum absolute atomic E-state index is 13.1. The first-order valence-electron chi connectivity index (χ1n) is 4.63. The van der Waals surface area contributed by atoms with Gasteiger partial charge in [0.05, 0.1) is 0 Å². The average Bonchev–Trinajstić information content (AvgIpc) is 2.09. The van der Waals surface area contributed by atoms with Crippen LogP contribution < -0.4 is 0 Å². The summed E-state index contributed by atoms with van der Waals surface area (Å²) in [7, 11) is 0. The lowest BCUT2D eigenvalue weighted by atomic mass is 10.1. The number of hydrogen-bond acceptors (Lipinski definition) is 1. The molecule has 0 aromatic heterocycles. The molecule has 72 valence electrons. The Balaban J connectivity index is 2.88. The largest absolute Gasteiger partial charge is 0.508 e. The summed E-state index contributed by atoms with van der Waals surface area (Å²) in [4.78, 5) is 0. The summed E-state index contributed by atoms with van der Waals surface area (Å²) in [6.07, 6.45) is 2.78. The Bertz CT molecular complexity index is 294. The van der Waals surface area contributed by atoms with Crippen LogP contribution in [-0.2, 0) is 6.42 Å². The van der Waals surface area contributed by atoms with Crippen molar-refractivity contribution in [2.24, 2.45) is 0 Å².